The summed E-state index contributed by atoms with van der Waals surface area (Å²) in [5, 5.41) is 44.6. The topological polar surface area (TPSA) is 254 Å². The number of nitrogens with one attached hydrogen (secondary N) is 3. The molecule has 2 rings (SSSR count). The first-order valence-corrected chi connectivity index (χ1v) is 11.7. The van der Waals surface area contributed by atoms with Crippen molar-refractivity contribution >= 4 is 29.6 Å². The second-order valence-corrected chi connectivity index (χ2v) is 8.72. The van der Waals surface area contributed by atoms with Crippen LogP contribution in [0.4, 0.5) is 0 Å². The number of nitrogens with two attached hydrogens (primary N) is 2. The number of rotatable bonds is 14. The maximum absolute atomic E-state index is 12.8. The number of aromatic hydroxyl groups is 2. The van der Waals surface area contributed by atoms with Gasteiger partial charge in [-0.2, -0.15) is 0 Å². The maximum atomic E-state index is 12.8. The molecule has 0 saturated heterocycles. The van der Waals surface area contributed by atoms with Gasteiger partial charge in [0.1, 0.15) is 29.6 Å². The summed E-state index contributed by atoms with van der Waals surface area (Å²) in [6.45, 7) is -0.882. The normalized spacial score (nSPS) is 13.8. The molecule has 210 valence electrons. The first-order valence-electron chi connectivity index (χ1n) is 11.7. The summed E-state index contributed by atoms with van der Waals surface area (Å²) in [6, 6.07) is 5.77. The van der Waals surface area contributed by atoms with Crippen molar-refractivity contribution in [3.8, 4) is 11.5 Å². The van der Waals surface area contributed by atoms with Crippen LogP contribution < -0.4 is 27.4 Å². The molecule has 39 heavy (non-hydrogen) atoms. The van der Waals surface area contributed by atoms with E-state index in [1.54, 1.807) is 12.1 Å². The Balaban J connectivity index is 2.05. The van der Waals surface area contributed by atoms with E-state index in [9.17, 15) is 44.4 Å². The minimum Gasteiger partial charge on any atom is -0.508 e. The first-order chi connectivity index (χ1) is 18.4. The first kappa shape index (κ1) is 30.5. The average Bonchev–Trinajstić information content (AvgIpc) is 2.88. The molecule has 0 fully saturated rings. The van der Waals surface area contributed by atoms with Gasteiger partial charge in [0.15, 0.2) is 0 Å². The van der Waals surface area contributed by atoms with Gasteiger partial charge in [-0.1, -0.05) is 24.3 Å². The van der Waals surface area contributed by atoms with Crippen LogP contribution in [0.25, 0.3) is 0 Å². The van der Waals surface area contributed by atoms with Crippen LogP contribution in [0.5, 0.6) is 11.5 Å². The Morgan fingerprint density at radius 3 is 1.59 bits per heavy atom. The van der Waals surface area contributed by atoms with Crippen molar-refractivity contribution < 1.29 is 44.4 Å². The molecule has 11 N–H and O–H groups in total. The van der Waals surface area contributed by atoms with Gasteiger partial charge in [-0.25, -0.2) is 4.79 Å². The summed E-state index contributed by atoms with van der Waals surface area (Å²) in [5.74, 6) is -5.28. The zero-order chi connectivity index (χ0) is 29.1. The number of carbonyl (C=O) groups excluding carboxylic acids is 4. The molecular weight excluding hydrogens is 514 g/mol. The van der Waals surface area contributed by atoms with Crippen LogP contribution in [-0.4, -0.2) is 80.8 Å². The number of primary amides is 1. The third-order valence-electron chi connectivity index (χ3n) is 5.57. The molecule has 14 nitrogen and oxygen atoms in total. The fourth-order valence-electron chi connectivity index (χ4n) is 3.47. The Morgan fingerprint density at radius 2 is 1.13 bits per heavy atom. The van der Waals surface area contributed by atoms with Crippen molar-refractivity contribution in [2.75, 3.05) is 6.61 Å². The van der Waals surface area contributed by atoms with Gasteiger partial charge in [0.2, 0.25) is 23.6 Å². The second-order valence-electron chi connectivity index (χ2n) is 8.72. The van der Waals surface area contributed by atoms with Crippen molar-refractivity contribution in [3.63, 3.8) is 0 Å². The monoisotopic (exact) mass is 545 g/mol. The fraction of sp³-hybridized carbons (Fsp3) is 0.320. The minimum atomic E-state index is -1.62. The molecule has 0 aliphatic heterocycles. The van der Waals surface area contributed by atoms with E-state index < -0.39 is 66.8 Å². The number of carbonyl (C=O) groups is 5. The number of phenols is 2. The van der Waals surface area contributed by atoms with Crippen molar-refractivity contribution in [3.05, 3.63) is 59.7 Å². The van der Waals surface area contributed by atoms with Gasteiger partial charge in [-0.3, -0.25) is 19.2 Å². The third-order valence-corrected chi connectivity index (χ3v) is 5.57. The summed E-state index contributed by atoms with van der Waals surface area (Å²) in [7, 11) is 0. The van der Waals surface area contributed by atoms with Crippen molar-refractivity contribution in [2.45, 2.75) is 43.4 Å². The molecule has 4 unspecified atom stereocenters. The molecular formula is C25H31N5O9. The lowest BCUT2D eigenvalue weighted by molar-refractivity contribution is -0.142. The Hall–Kier alpha value is -4.69. The summed E-state index contributed by atoms with van der Waals surface area (Å²) >= 11 is 0. The minimum absolute atomic E-state index is 0.0263. The number of amides is 4. The van der Waals surface area contributed by atoms with E-state index in [0.29, 0.717) is 11.1 Å². The number of benzene rings is 2. The zero-order valence-corrected chi connectivity index (χ0v) is 20.7. The largest absolute Gasteiger partial charge is 0.508 e. The third kappa shape index (κ3) is 9.94. The molecule has 2 aromatic carbocycles. The zero-order valence-electron chi connectivity index (χ0n) is 20.7. The molecule has 4 atom stereocenters. The van der Waals surface area contributed by atoms with Crippen LogP contribution in [0.3, 0.4) is 0 Å². The van der Waals surface area contributed by atoms with Gasteiger partial charge >= 0.3 is 5.97 Å². The Kier molecular flexibility index (Phi) is 11.2. The number of hydrogen-bond acceptors (Lipinski definition) is 9. The molecule has 4 amide bonds. The maximum Gasteiger partial charge on any atom is 0.326 e. The SMILES string of the molecule is NC(=O)CC(NC(=O)C(CO)NC(=O)C(N)Cc1ccc(O)cc1)C(=O)NC(Cc1ccc(O)cc1)C(=O)O. The van der Waals surface area contributed by atoms with E-state index in [2.05, 4.69) is 16.0 Å². The summed E-state index contributed by atoms with van der Waals surface area (Å²) in [6.07, 6.45) is -0.821. The molecule has 2 aromatic rings. The van der Waals surface area contributed by atoms with Gasteiger partial charge in [-0.15, -0.1) is 0 Å². The highest BCUT2D eigenvalue weighted by atomic mass is 16.4. The summed E-state index contributed by atoms with van der Waals surface area (Å²) in [5.41, 5.74) is 12.2. The average molecular weight is 546 g/mol. The van der Waals surface area contributed by atoms with Crippen LogP contribution in [0.2, 0.25) is 0 Å². The highest BCUT2D eigenvalue weighted by molar-refractivity contribution is 5.96. The number of aliphatic hydroxyl groups is 1. The Labute approximate surface area is 223 Å². The van der Waals surface area contributed by atoms with Crippen LogP contribution in [0.1, 0.15) is 17.5 Å². The van der Waals surface area contributed by atoms with Gasteiger partial charge in [0, 0.05) is 6.42 Å². The summed E-state index contributed by atoms with van der Waals surface area (Å²) < 4.78 is 0. The molecule has 0 aliphatic carbocycles. The van der Waals surface area contributed by atoms with E-state index in [-0.39, 0.29) is 24.3 Å². The number of carboxylic acids is 1. The van der Waals surface area contributed by atoms with E-state index >= 15 is 0 Å². The number of aliphatic carboxylic acids is 1. The highest BCUT2D eigenvalue weighted by Gasteiger charge is 2.31. The predicted molar refractivity (Wildman–Crippen MR) is 136 cm³/mol. The lowest BCUT2D eigenvalue weighted by atomic mass is 10.0. The number of hydrogen-bond donors (Lipinski definition) is 9. The van der Waals surface area contributed by atoms with Crippen LogP contribution in [0.15, 0.2) is 48.5 Å². The molecule has 0 bridgehead atoms. The van der Waals surface area contributed by atoms with Gasteiger partial charge in [0.25, 0.3) is 0 Å². The van der Waals surface area contributed by atoms with Gasteiger partial charge < -0.3 is 47.8 Å². The fourth-order valence-corrected chi connectivity index (χ4v) is 3.47. The van der Waals surface area contributed by atoms with Crippen molar-refractivity contribution in [1.82, 2.24) is 16.0 Å². The van der Waals surface area contributed by atoms with Crippen LogP contribution in [-0.2, 0) is 36.8 Å². The van der Waals surface area contributed by atoms with E-state index in [1.165, 1.54) is 36.4 Å². The quantitative estimate of drug-likeness (QED) is 0.122. The summed E-state index contributed by atoms with van der Waals surface area (Å²) in [4.78, 5) is 61.3. The van der Waals surface area contributed by atoms with E-state index in [1.807, 2.05) is 0 Å². The Bertz CT molecular complexity index is 1170. The van der Waals surface area contributed by atoms with Gasteiger partial charge in [-0.05, 0) is 41.8 Å². The molecule has 14 heteroatoms. The second kappa shape index (κ2) is 14.3. The molecule has 0 heterocycles. The molecule has 0 spiro atoms. The van der Waals surface area contributed by atoms with Crippen molar-refractivity contribution in [1.29, 1.82) is 0 Å². The van der Waals surface area contributed by atoms with E-state index in [4.69, 9.17) is 11.5 Å². The highest BCUT2D eigenvalue weighted by Crippen LogP contribution is 2.12. The smallest absolute Gasteiger partial charge is 0.326 e. The molecule has 0 aliphatic rings. The number of aliphatic hydroxyl groups excluding tert-OH is 1. The van der Waals surface area contributed by atoms with Crippen molar-refractivity contribution in [2.24, 2.45) is 11.5 Å². The Morgan fingerprint density at radius 1 is 0.692 bits per heavy atom. The van der Waals surface area contributed by atoms with Crippen LogP contribution in [0, 0.1) is 0 Å². The number of phenolic OH excluding ortho intramolecular Hbond substituents is 2. The number of carboxylic acid groups (broad SMARTS) is 1. The lowest BCUT2D eigenvalue weighted by Crippen LogP contribution is -2.59. The predicted octanol–water partition coefficient (Wildman–Crippen LogP) is -2.38. The molecule has 0 radical (unpaired) electrons. The standard InChI is InChI=1S/C25H31N5O9/c26-17(9-13-1-5-15(32)6-2-13)22(35)30-20(12-31)24(37)28-18(11-21(27)34)23(36)29-19(25(38)39)10-14-3-7-16(33)8-4-14/h1-8,17-20,31-33H,9-12,26H2,(H2,27,34)(H,28,37)(H,29,36)(H,30,35)(H,38,39). The molecule has 0 saturated carbocycles. The molecule has 0 aromatic heterocycles. The van der Waals surface area contributed by atoms with E-state index in [0.717, 1.165) is 0 Å². The lowest BCUT2D eigenvalue weighted by Gasteiger charge is -2.24. The van der Waals surface area contributed by atoms with Crippen LogP contribution >= 0.6 is 0 Å². The van der Waals surface area contributed by atoms with Gasteiger partial charge in [0.05, 0.1) is 19.1 Å².